The van der Waals surface area contributed by atoms with Gasteiger partial charge in [-0.25, -0.2) is 4.98 Å². The number of anilines is 2. The Bertz CT molecular complexity index is 1440. The Balaban J connectivity index is 1.46. The van der Waals surface area contributed by atoms with E-state index in [1.54, 1.807) is 42.5 Å². The highest BCUT2D eigenvalue weighted by molar-refractivity contribution is 7.14. The van der Waals surface area contributed by atoms with Crippen LogP contribution in [0.15, 0.2) is 66.0 Å². The van der Waals surface area contributed by atoms with Crippen LogP contribution in [0.5, 0.6) is 23.0 Å². The number of carbonyl (C=O) groups is 2. The largest absolute Gasteiger partial charge is 0.493 e. The van der Waals surface area contributed by atoms with Gasteiger partial charge in [-0.05, 0) is 48.5 Å². The van der Waals surface area contributed by atoms with Gasteiger partial charge >= 0.3 is 0 Å². The molecule has 0 radical (unpaired) electrons. The van der Waals surface area contributed by atoms with Crippen molar-refractivity contribution < 1.29 is 28.5 Å². The Morgan fingerprint density at radius 1 is 0.703 bits per heavy atom. The quantitative estimate of drug-likeness (QED) is 0.307. The molecule has 2 amide bonds. The number of carbonyl (C=O) groups excluding carboxylic acids is 2. The number of rotatable bonds is 9. The fourth-order valence-corrected chi connectivity index (χ4v) is 4.26. The van der Waals surface area contributed by atoms with Crippen LogP contribution in [-0.4, -0.2) is 45.2 Å². The monoisotopic (exact) mass is 519 g/mol. The number of hydrogen-bond acceptors (Lipinski definition) is 8. The van der Waals surface area contributed by atoms with E-state index in [9.17, 15) is 9.59 Å². The molecule has 0 bridgehead atoms. The summed E-state index contributed by atoms with van der Waals surface area (Å²) in [7, 11) is 6.10. The third-order valence-electron chi connectivity index (χ3n) is 5.43. The molecular weight excluding hydrogens is 494 g/mol. The van der Waals surface area contributed by atoms with Crippen LogP contribution in [-0.2, 0) is 0 Å². The summed E-state index contributed by atoms with van der Waals surface area (Å²) in [6.07, 6.45) is 0. The number of aromatic nitrogens is 1. The van der Waals surface area contributed by atoms with E-state index in [4.69, 9.17) is 18.9 Å². The number of benzene rings is 3. The van der Waals surface area contributed by atoms with E-state index in [-0.39, 0.29) is 11.8 Å². The fourth-order valence-electron chi connectivity index (χ4n) is 3.55. The van der Waals surface area contributed by atoms with Crippen LogP contribution in [0.3, 0.4) is 0 Å². The maximum atomic E-state index is 12.8. The average Bonchev–Trinajstić information content (AvgIpc) is 3.40. The van der Waals surface area contributed by atoms with Crippen molar-refractivity contribution in [2.75, 3.05) is 39.1 Å². The zero-order valence-electron chi connectivity index (χ0n) is 20.7. The van der Waals surface area contributed by atoms with Gasteiger partial charge in [-0.15, -0.1) is 11.3 Å². The Hall–Kier alpha value is -4.57. The van der Waals surface area contributed by atoms with Crippen LogP contribution in [0.4, 0.5) is 10.8 Å². The minimum atomic E-state index is -0.321. The molecule has 190 valence electrons. The predicted octanol–water partition coefficient (Wildman–Crippen LogP) is 5.35. The lowest BCUT2D eigenvalue weighted by atomic mass is 10.1. The van der Waals surface area contributed by atoms with Gasteiger partial charge in [0.1, 0.15) is 0 Å². The van der Waals surface area contributed by atoms with E-state index in [2.05, 4.69) is 15.6 Å². The third-order valence-corrected chi connectivity index (χ3v) is 6.19. The zero-order valence-corrected chi connectivity index (χ0v) is 21.5. The van der Waals surface area contributed by atoms with Crippen LogP contribution < -0.4 is 29.6 Å². The molecule has 9 nitrogen and oxygen atoms in total. The van der Waals surface area contributed by atoms with Crippen molar-refractivity contribution in [1.29, 1.82) is 0 Å². The standard InChI is InChI=1S/C27H25N3O6S/c1-33-21-10-8-17(13-23(21)35-3)25(31)28-19-7-5-6-16(12-19)20-15-37-27(29-20)30-26(32)18-9-11-22(34-2)24(14-18)36-4/h5-15H,1-4H3,(H,28,31)(H,29,30,32). The molecule has 0 spiro atoms. The average molecular weight is 520 g/mol. The van der Waals surface area contributed by atoms with Crippen molar-refractivity contribution in [1.82, 2.24) is 4.98 Å². The van der Waals surface area contributed by atoms with Crippen LogP contribution in [0.25, 0.3) is 11.3 Å². The normalized spacial score (nSPS) is 10.4. The van der Waals surface area contributed by atoms with E-state index in [1.165, 1.54) is 39.8 Å². The molecular formula is C27H25N3O6S. The molecule has 1 aromatic heterocycles. The van der Waals surface area contributed by atoms with E-state index in [0.717, 1.165) is 5.56 Å². The van der Waals surface area contributed by atoms with Gasteiger partial charge in [0.15, 0.2) is 28.1 Å². The maximum Gasteiger partial charge on any atom is 0.257 e. The van der Waals surface area contributed by atoms with Crippen molar-refractivity contribution in [2.45, 2.75) is 0 Å². The number of hydrogen-bond donors (Lipinski definition) is 2. The van der Waals surface area contributed by atoms with Crippen molar-refractivity contribution in [3.63, 3.8) is 0 Å². The summed E-state index contributed by atoms with van der Waals surface area (Å²) < 4.78 is 21.0. The summed E-state index contributed by atoms with van der Waals surface area (Å²) in [6, 6.07) is 17.2. The number of ether oxygens (including phenoxy) is 4. The molecule has 0 saturated heterocycles. The molecule has 1 heterocycles. The predicted molar refractivity (Wildman–Crippen MR) is 143 cm³/mol. The smallest absolute Gasteiger partial charge is 0.257 e. The zero-order chi connectivity index (χ0) is 26.4. The van der Waals surface area contributed by atoms with E-state index in [1.807, 2.05) is 23.6 Å². The highest BCUT2D eigenvalue weighted by atomic mass is 32.1. The van der Waals surface area contributed by atoms with Crippen LogP contribution in [0, 0.1) is 0 Å². The van der Waals surface area contributed by atoms with Gasteiger partial charge in [-0.1, -0.05) is 12.1 Å². The highest BCUT2D eigenvalue weighted by Crippen LogP contribution is 2.31. The van der Waals surface area contributed by atoms with E-state index >= 15 is 0 Å². The first-order valence-corrected chi connectivity index (χ1v) is 12.0. The Morgan fingerprint density at radius 3 is 1.84 bits per heavy atom. The number of thiazole rings is 1. The van der Waals surface area contributed by atoms with E-state index in [0.29, 0.717) is 50.6 Å². The molecule has 0 aliphatic heterocycles. The first-order valence-electron chi connectivity index (χ1n) is 11.1. The highest BCUT2D eigenvalue weighted by Gasteiger charge is 2.15. The van der Waals surface area contributed by atoms with Gasteiger partial charge in [0.2, 0.25) is 0 Å². The number of nitrogens with one attached hydrogen (secondary N) is 2. The van der Waals surface area contributed by atoms with Crippen molar-refractivity contribution in [2.24, 2.45) is 0 Å². The lowest BCUT2D eigenvalue weighted by Crippen LogP contribution is -2.12. The lowest BCUT2D eigenvalue weighted by molar-refractivity contribution is 0.101. The van der Waals surface area contributed by atoms with Crippen LogP contribution in [0.1, 0.15) is 20.7 Å². The SMILES string of the molecule is COc1ccc(C(=O)Nc2cccc(-c3csc(NC(=O)c4ccc(OC)c(OC)c4)n3)c2)cc1OC. The molecule has 4 rings (SSSR count). The molecule has 0 atom stereocenters. The van der Waals surface area contributed by atoms with Gasteiger partial charge in [0.25, 0.3) is 11.8 Å². The molecule has 2 N–H and O–H groups in total. The molecule has 0 aliphatic rings. The first kappa shape index (κ1) is 25.5. The van der Waals surface area contributed by atoms with Gasteiger partial charge in [0.05, 0.1) is 34.1 Å². The fraction of sp³-hybridized carbons (Fsp3) is 0.148. The summed E-state index contributed by atoms with van der Waals surface area (Å²) >= 11 is 1.30. The second-order valence-electron chi connectivity index (χ2n) is 7.67. The van der Waals surface area contributed by atoms with Crippen molar-refractivity contribution in [3.05, 3.63) is 77.2 Å². The topological polar surface area (TPSA) is 108 Å². The second-order valence-corrected chi connectivity index (χ2v) is 8.52. The van der Waals surface area contributed by atoms with Crippen molar-refractivity contribution in [3.8, 4) is 34.3 Å². The molecule has 0 saturated carbocycles. The molecule has 0 fully saturated rings. The Kier molecular flexibility index (Phi) is 7.89. The molecule has 0 unspecified atom stereocenters. The van der Waals surface area contributed by atoms with E-state index < -0.39 is 0 Å². The summed E-state index contributed by atoms with van der Waals surface area (Å²) in [5, 5.41) is 7.96. The Labute approximate surface area is 218 Å². The van der Waals surface area contributed by atoms with Crippen LogP contribution in [0.2, 0.25) is 0 Å². The second kappa shape index (κ2) is 11.4. The number of nitrogens with zero attached hydrogens (tertiary/aromatic N) is 1. The van der Waals surface area contributed by atoms with Gasteiger partial charge < -0.3 is 24.3 Å². The summed E-state index contributed by atoms with van der Waals surface area (Å²) in [5.41, 5.74) is 2.88. The summed E-state index contributed by atoms with van der Waals surface area (Å²) in [4.78, 5) is 30.0. The maximum absolute atomic E-state index is 12.8. The van der Waals surface area contributed by atoms with Crippen molar-refractivity contribution >= 4 is 34.0 Å². The summed E-state index contributed by atoms with van der Waals surface area (Å²) in [5.74, 6) is 1.39. The summed E-state index contributed by atoms with van der Waals surface area (Å²) in [6.45, 7) is 0. The molecule has 10 heteroatoms. The Morgan fingerprint density at radius 2 is 1.27 bits per heavy atom. The first-order chi connectivity index (χ1) is 17.9. The number of amides is 2. The third kappa shape index (κ3) is 5.81. The molecule has 4 aromatic rings. The minimum Gasteiger partial charge on any atom is -0.493 e. The molecule has 37 heavy (non-hydrogen) atoms. The number of methoxy groups -OCH3 is 4. The lowest BCUT2D eigenvalue weighted by Gasteiger charge is -2.10. The molecule has 0 aliphatic carbocycles. The molecule has 3 aromatic carbocycles. The van der Waals surface area contributed by atoms with Gasteiger partial charge in [0, 0.05) is 27.8 Å². The minimum absolute atomic E-state index is 0.292. The van der Waals surface area contributed by atoms with Gasteiger partial charge in [-0.2, -0.15) is 0 Å². The van der Waals surface area contributed by atoms with Gasteiger partial charge in [-0.3, -0.25) is 14.9 Å². The van der Waals surface area contributed by atoms with Crippen LogP contribution >= 0.6 is 11.3 Å².